The topological polar surface area (TPSA) is 9.23 Å². The van der Waals surface area contributed by atoms with Crippen LogP contribution in [0.15, 0.2) is 40.9 Å². The first-order chi connectivity index (χ1) is 9.10. The molecule has 0 amide bonds. The Labute approximate surface area is 133 Å². The van der Waals surface area contributed by atoms with Gasteiger partial charge in [-0.25, -0.2) is 4.39 Å². The van der Waals surface area contributed by atoms with E-state index in [1.807, 2.05) is 18.2 Å². The van der Waals surface area contributed by atoms with Crippen molar-refractivity contribution in [2.24, 2.45) is 0 Å². The summed E-state index contributed by atoms with van der Waals surface area (Å²) in [5, 5.41) is 1.05. The van der Waals surface area contributed by atoms with Crippen LogP contribution in [0.1, 0.15) is 11.1 Å². The van der Waals surface area contributed by atoms with Crippen molar-refractivity contribution in [1.29, 1.82) is 0 Å². The Morgan fingerprint density at radius 3 is 2.58 bits per heavy atom. The third-order valence-corrected chi connectivity index (χ3v) is 3.90. The summed E-state index contributed by atoms with van der Waals surface area (Å²) in [5.41, 5.74) is 1.48. The summed E-state index contributed by atoms with van der Waals surface area (Å²) in [6.07, 6.45) is 0. The SMILES string of the molecule is Fc1cc(Cl)ccc1COc1ccc(Br)cc1CBr. The van der Waals surface area contributed by atoms with Crippen LogP contribution in [0.3, 0.4) is 0 Å². The first kappa shape index (κ1) is 14.8. The van der Waals surface area contributed by atoms with Crippen molar-refractivity contribution < 1.29 is 9.13 Å². The van der Waals surface area contributed by atoms with Gasteiger partial charge in [-0.2, -0.15) is 0 Å². The Kier molecular flexibility index (Phi) is 5.25. The molecule has 2 aromatic carbocycles. The van der Waals surface area contributed by atoms with Crippen LogP contribution in [0.4, 0.5) is 4.39 Å². The highest BCUT2D eigenvalue weighted by molar-refractivity contribution is 9.10. The summed E-state index contributed by atoms with van der Waals surface area (Å²) < 4.78 is 20.3. The van der Waals surface area contributed by atoms with E-state index in [2.05, 4.69) is 31.9 Å². The van der Waals surface area contributed by atoms with Gasteiger partial charge in [0.1, 0.15) is 18.2 Å². The van der Waals surface area contributed by atoms with Crippen LogP contribution in [0.2, 0.25) is 5.02 Å². The molecule has 0 bridgehead atoms. The fourth-order valence-electron chi connectivity index (χ4n) is 1.59. The number of hydrogen-bond acceptors (Lipinski definition) is 1. The fourth-order valence-corrected chi connectivity index (χ4v) is 2.59. The molecular weight excluding hydrogens is 398 g/mol. The lowest BCUT2D eigenvalue weighted by Gasteiger charge is -2.11. The average molecular weight is 408 g/mol. The molecule has 0 aliphatic heterocycles. The second kappa shape index (κ2) is 6.73. The fraction of sp³-hybridized carbons (Fsp3) is 0.143. The Hall–Kier alpha value is -0.580. The van der Waals surface area contributed by atoms with E-state index in [0.29, 0.717) is 15.9 Å². The molecule has 2 rings (SSSR count). The van der Waals surface area contributed by atoms with Gasteiger partial charge in [-0.3, -0.25) is 0 Å². The molecule has 0 fully saturated rings. The zero-order chi connectivity index (χ0) is 13.8. The minimum atomic E-state index is -0.356. The molecule has 0 N–H and O–H groups in total. The zero-order valence-electron chi connectivity index (χ0n) is 9.80. The van der Waals surface area contributed by atoms with Crippen LogP contribution in [-0.4, -0.2) is 0 Å². The van der Waals surface area contributed by atoms with E-state index < -0.39 is 0 Å². The number of halogens is 4. The highest BCUT2D eigenvalue weighted by atomic mass is 79.9. The molecule has 0 spiro atoms. The van der Waals surface area contributed by atoms with Crippen LogP contribution in [-0.2, 0) is 11.9 Å². The molecule has 0 heterocycles. The molecule has 0 aromatic heterocycles. The molecular formula is C14H10Br2ClFO. The first-order valence-corrected chi connectivity index (χ1v) is 7.80. The normalized spacial score (nSPS) is 10.5. The maximum Gasteiger partial charge on any atom is 0.131 e. The maximum atomic E-state index is 13.6. The van der Waals surface area contributed by atoms with Crippen molar-refractivity contribution in [3.05, 3.63) is 62.8 Å². The molecule has 0 radical (unpaired) electrons. The van der Waals surface area contributed by atoms with Crippen molar-refractivity contribution >= 4 is 43.5 Å². The van der Waals surface area contributed by atoms with Crippen molar-refractivity contribution in [3.63, 3.8) is 0 Å². The van der Waals surface area contributed by atoms with Gasteiger partial charge in [0, 0.05) is 26.0 Å². The Balaban J connectivity index is 2.14. The second-order valence-electron chi connectivity index (χ2n) is 3.91. The van der Waals surface area contributed by atoms with E-state index in [9.17, 15) is 4.39 Å². The van der Waals surface area contributed by atoms with Crippen molar-refractivity contribution in [2.45, 2.75) is 11.9 Å². The van der Waals surface area contributed by atoms with Crippen LogP contribution in [0.5, 0.6) is 5.75 Å². The summed E-state index contributed by atoms with van der Waals surface area (Å²) in [5.74, 6) is 0.374. The standard InChI is InChI=1S/C14H10Br2ClFO/c15-7-10-5-11(16)2-4-14(10)19-8-9-1-3-12(17)6-13(9)18/h1-6H,7-8H2. The number of rotatable bonds is 4. The molecule has 0 saturated heterocycles. The predicted molar refractivity (Wildman–Crippen MR) is 82.5 cm³/mol. The molecule has 2 aromatic rings. The largest absolute Gasteiger partial charge is 0.488 e. The lowest BCUT2D eigenvalue weighted by atomic mass is 10.2. The molecule has 19 heavy (non-hydrogen) atoms. The van der Waals surface area contributed by atoms with Crippen molar-refractivity contribution in [2.75, 3.05) is 0 Å². The van der Waals surface area contributed by atoms with Gasteiger partial charge in [-0.05, 0) is 30.3 Å². The number of alkyl halides is 1. The minimum absolute atomic E-state index is 0.171. The minimum Gasteiger partial charge on any atom is -0.488 e. The Morgan fingerprint density at radius 1 is 1.11 bits per heavy atom. The second-order valence-corrected chi connectivity index (χ2v) is 5.82. The van der Waals surface area contributed by atoms with Gasteiger partial charge in [0.2, 0.25) is 0 Å². The molecule has 0 aliphatic rings. The van der Waals surface area contributed by atoms with Gasteiger partial charge in [0.25, 0.3) is 0 Å². The average Bonchev–Trinajstić information content (AvgIpc) is 2.39. The van der Waals surface area contributed by atoms with E-state index in [-0.39, 0.29) is 12.4 Å². The van der Waals surface area contributed by atoms with Crippen LogP contribution in [0, 0.1) is 5.82 Å². The highest BCUT2D eigenvalue weighted by Gasteiger charge is 2.07. The Bertz CT molecular complexity index is 590. The summed E-state index contributed by atoms with van der Waals surface area (Å²) in [6, 6.07) is 10.3. The highest BCUT2D eigenvalue weighted by Crippen LogP contribution is 2.26. The summed E-state index contributed by atoms with van der Waals surface area (Å²) >= 11 is 12.5. The zero-order valence-corrected chi connectivity index (χ0v) is 13.7. The molecule has 0 unspecified atom stereocenters. The van der Waals surface area contributed by atoms with E-state index >= 15 is 0 Å². The van der Waals surface area contributed by atoms with Gasteiger partial charge in [0.15, 0.2) is 0 Å². The monoisotopic (exact) mass is 406 g/mol. The van der Waals surface area contributed by atoms with E-state index in [4.69, 9.17) is 16.3 Å². The first-order valence-electron chi connectivity index (χ1n) is 5.51. The number of ether oxygens (including phenoxy) is 1. The quantitative estimate of drug-likeness (QED) is 0.589. The summed E-state index contributed by atoms with van der Waals surface area (Å²) in [4.78, 5) is 0. The third kappa shape index (κ3) is 3.94. The number of hydrogen-bond donors (Lipinski definition) is 0. The van der Waals surface area contributed by atoms with Crippen molar-refractivity contribution in [1.82, 2.24) is 0 Å². The van der Waals surface area contributed by atoms with Crippen molar-refractivity contribution in [3.8, 4) is 5.75 Å². The molecule has 0 aliphatic carbocycles. The van der Waals surface area contributed by atoms with Gasteiger partial charge in [-0.1, -0.05) is 49.5 Å². The lowest BCUT2D eigenvalue weighted by Crippen LogP contribution is -2.00. The Morgan fingerprint density at radius 2 is 1.89 bits per heavy atom. The number of benzene rings is 2. The van der Waals surface area contributed by atoms with Gasteiger partial charge >= 0.3 is 0 Å². The molecule has 0 atom stereocenters. The van der Waals surface area contributed by atoms with E-state index in [1.54, 1.807) is 12.1 Å². The van der Waals surface area contributed by atoms with Crippen LogP contribution >= 0.6 is 43.5 Å². The molecule has 0 saturated carbocycles. The van der Waals surface area contributed by atoms with Crippen LogP contribution < -0.4 is 4.74 Å². The smallest absolute Gasteiger partial charge is 0.131 e. The predicted octanol–water partition coefficient (Wildman–Crippen LogP) is 5.72. The van der Waals surface area contributed by atoms with Crippen LogP contribution in [0.25, 0.3) is 0 Å². The molecule has 1 nitrogen and oxygen atoms in total. The van der Waals surface area contributed by atoms with E-state index in [1.165, 1.54) is 6.07 Å². The molecule has 100 valence electrons. The van der Waals surface area contributed by atoms with E-state index in [0.717, 1.165) is 15.8 Å². The maximum absolute atomic E-state index is 13.6. The summed E-state index contributed by atoms with van der Waals surface area (Å²) in [7, 11) is 0. The summed E-state index contributed by atoms with van der Waals surface area (Å²) in [6.45, 7) is 0.171. The van der Waals surface area contributed by atoms with Gasteiger partial charge in [-0.15, -0.1) is 0 Å². The lowest BCUT2D eigenvalue weighted by molar-refractivity contribution is 0.297. The van der Waals surface area contributed by atoms with Gasteiger partial charge in [0.05, 0.1) is 0 Å². The molecule has 5 heteroatoms. The third-order valence-electron chi connectivity index (χ3n) is 2.56. The van der Waals surface area contributed by atoms with Gasteiger partial charge < -0.3 is 4.74 Å².